The number of hydrogen-bond acceptors (Lipinski definition) is 2. The first-order valence-corrected chi connectivity index (χ1v) is 5.51. The van der Waals surface area contributed by atoms with Crippen LogP contribution >= 0.6 is 0 Å². The highest BCUT2D eigenvalue weighted by molar-refractivity contribution is 5.92. The summed E-state index contributed by atoms with van der Waals surface area (Å²) in [5.74, 6) is -0.0223. The number of rotatable bonds is 5. The Morgan fingerprint density at radius 2 is 2.27 bits per heavy atom. The highest BCUT2D eigenvalue weighted by atomic mass is 16.2. The number of carbonyl (C=O) groups excluding carboxylic acids is 1. The van der Waals surface area contributed by atoms with E-state index < -0.39 is 0 Å². The fraction of sp³-hybridized carbons (Fsp3) is 0.636. The minimum Gasteiger partial charge on any atom is -0.351 e. The number of carbonyl (C=O) groups is 1. The van der Waals surface area contributed by atoms with Crippen LogP contribution in [0.4, 0.5) is 0 Å². The van der Waals surface area contributed by atoms with E-state index in [1.165, 1.54) is 0 Å². The molecule has 4 heteroatoms. The molecule has 0 radical (unpaired) electrons. The van der Waals surface area contributed by atoms with E-state index >= 15 is 0 Å². The lowest BCUT2D eigenvalue weighted by molar-refractivity contribution is 0.0942. The van der Waals surface area contributed by atoms with Crippen molar-refractivity contribution in [3.05, 3.63) is 17.5 Å². The molecule has 0 bridgehead atoms. The molecule has 0 fully saturated rings. The van der Waals surface area contributed by atoms with Gasteiger partial charge >= 0.3 is 0 Å². The molecule has 1 aromatic rings. The van der Waals surface area contributed by atoms with Gasteiger partial charge in [0.2, 0.25) is 0 Å². The Morgan fingerprint density at radius 3 is 2.87 bits per heavy atom. The predicted octanol–water partition coefficient (Wildman–Crippen LogP) is 1.74. The molecule has 1 heterocycles. The molecule has 0 aliphatic carbocycles. The molecule has 0 saturated carbocycles. The molecule has 0 unspecified atom stereocenters. The number of unbranched alkanes of at least 4 members (excludes halogenated alkanes) is 1. The molecule has 1 aromatic heterocycles. The highest BCUT2D eigenvalue weighted by Gasteiger charge is 2.11. The normalized spacial score (nSPS) is 10.3. The van der Waals surface area contributed by atoms with Crippen molar-refractivity contribution in [2.24, 2.45) is 0 Å². The van der Waals surface area contributed by atoms with Crippen LogP contribution in [0, 0.1) is 6.92 Å². The zero-order valence-corrected chi connectivity index (χ0v) is 9.71. The third-order valence-corrected chi connectivity index (χ3v) is 2.25. The van der Waals surface area contributed by atoms with Gasteiger partial charge in [-0.05, 0) is 26.3 Å². The Kier molecular flexibility index (Phi) is 4.34. The van der Waals surface area contributed by atoms with Crippen molar-refractivity contribution in [2.75, 3.05) is 6.54 Å². The molecular weight excluding hydrogens is 190 g/mol. The molecule has 0 spiro atoms. The van der Waals surface area contributed by atoms with Gasteiger partial charge in [0.05, 0.1) is 5.69 Å². The number of hydrogen-bond donors (Lipinski definition) is 1. The van der Waals surface area contributed by atoms with E-state index in [9.17, 15) is 4.79 Å². The predicted molar refractivity (Wildman–Crippen MR) is 59.9 cm³/mol. The maximum atomic E-state index is 11.7. The second-order valence-corrected chi connectivity index (χ2v) is 3.60. The first-order valence-electron chi connectivity index (χ1n) is 5.51. The van der Waals surface area contributed by atoms with Gasteiger partial charge in [-0.1, -0.05) is 13.3 Å². The third-order valence-electron chi connectivity index (χ3n) is 2.25. The number of amides is 1. The van der Waals surface area contributed by atoms with Crippen LogP contribution in [0.2, 0.25) is 0 Å². The monoisotopic (exact) mass is 209 g/mol. The minimum absolute atomic E-state index is 0.0223. The van der Waals surface area contributed by atoms with Crippen molar-refractivity contribution < 1.29 is 4.79 Å². The summed E-state index contributed by atoms with van der Waals surface area (Å²) in [5, 5.41) is 7.12. The van der Waals surface area contributed by atoms with E-state index in [2.05, 4.69) is 17.3 Å². The fourth-order valence-corrected chi connectivity index (χ4v) is 1.44. The third kappa shape index (κ3) is 3.08. The standard InChI is InChI=1S/C11H19N3O/c1-4-6-7-12-11(15)10-8-9(3)13-14(10)5-2/h8H,4-7H2,1-3H3,(H,12,15). The molecule has 0 aliphatic rings. The van der Waals surface area contributed by atoms with Gasteiger partial charge in [0.25, 0.3) is 5.91 Å². The van der Waals surface area contributed by atoms with E-state index in [1.54, 1.807) is 4.68 Å². The van der Waals surface area contributed by atoms with Gasteiger partial charge in [0.15, 0.2) is 0 Å². The van der Waals surface area contributed by atoms with Crippen molar-refractivity contribution in [1.82, 2.24) is 15.1 Å². The topological polar surface area (TPSA) is 46.9 Å². The van der Waals surface area contributed by atoms with Crippen LogP contribution in [0.25, 0.3) is 0 Å². The number of nitrogens with zero attached hydrogens (tertiary/aromatic N) is 2. The largest absolute Gasteiger partial charge is 0.351 e. The number of aryl methyl sites for hydroxylation is 2. The first-order chi connectivity index (χ1) is 7.19. The van der Waals surface area contributed by atoms with E-state index in [-0.39, 0.29) is 5.91 Å². The first kappa shape index (κ1) is 11.8. The summed E-state index contributed by atoms with van der Waals surface area (Å²) in [6, 6.07) is 1.82. The van der Waals surface area contributed by atoms with Crippen LogP contribution in [-0.4, -0.2) is 22.2 Å². The van der Waals surface area contributed by atoms with Gasteiger partial charge in [-0.15, -0.1) is 0 Å². The maximum absolute atomic E-state index is 11.7. The lowest BCUT2D eigenvalue weighted by atomic mass is 10.3. The summed E-state index contributed by atoms with van der Waals surface area (Å²) < 4.78 is 1.73. The molecule has 0 aromatic carbocycles. The van der Waals surface area contributed by atoms with Crippen LogP contribution in [0.1, 0.15) is 42.9 Å². The minimum atomic E-state index is -0.0223. The molecule has 84 valence electrons. The van der Waals surface area contributed by atoms with E-state index in [0.717, 1.165) is 31.6 Å². The van der Waals surface area contributed by atoms with Crippen molar-refractivity contribution in [3.63, 3.8) is 0 Å². The second-order valence-electron chi connectivity index (χ2n) is 3.60. The lowest BCUT2D eigenvalue weighted by Gasteiger charge is -2.05. The van der Waals surface area contributed by atoms with Gasteiger partial charge in [0, 0.05) is 13.1 Å². The maximum Gasteiger partial charge on any atom is 0.269 e. The fourth-order valence-electron chi connectivity index (χ4n) is 1.44. The summed E-state index contributed by atoms with van der Waals surface area (Å²) in [4.78, 5) is 11.7. The molecule has 1 amide bonds. The zero-order valence-electron chi connectivity index (χ0n) is 9.71. The van der Waals surface area contributed by atoms with Gasteiger partial charge in [-0.2, -0.15) is 5.10 Å². The zero-order chi connectivity index (χ0) is 11.3. The second kappa shape index (κ2) is 5.53. The van der Waals surface area contributed by atoms with Crippen LogP contribution < -0.4 is 5.32 Å². The lowest BCUT2D eigenvalue weighted by Crippen LogP contribution is -2.26. The van der Waals surface area contributed by atoms with Crippen LogP contribution in [0.3, 0.4) is 0 Å². The summed E-state index contributed by atoms with van der Waals surface area (Å²) in [7, 11) is 0. The quantitative estimate of drug-likeness (QED) is 0.751. The molecule has 1 N–H and O–H groups in total. The number of aromatic nitrogens is 2. The van der Waals surface area contributed by atoms with Crippen molar-refractivity contribution in [3.8, 4) is 0 Å². The van der Waals surface area contributed by atoms with Crippen LogP contribution in [0.15, 0.2) is 6.07 Å². The van der Waals surface area contributed by atoms with E-state index in [4.69, 9.17) is 0 Å². The van der Waals surface area contributed by atoms with E-state index in [0.29, 0.717) is 5.69 Å². The Labute approximate surface area is 90.7 Å². The summed E-state index contributed by atoms with van der Waals surface area (Å²) >= 11 is 0. The molecule has 0 atom stereocenters. The molecular formula is C11H19N3O. The summed E-state index contributed by atoms with van der Waals surface area (Å²) in [5.41, 5.74) is 1.54. The van der Waals surface area contributed by atoms with Gasteiger partial charge < -0.3 is 5.32 Å². The Morgan fingerprint density at radius 1 is 1.53 bits per heavy atom. The van der Waals surface area contributed by atoms with Gasteiger partial charge in [-0.25, -0.2) is 0 Å². The Hall–Kier alpha value is -1.32. The average Bonchev–Trinajstić information content (AvgIpc) is 2.60. The smallest absolute Gasteiger partial charge is 0.269 e. The van der Waals surface area contributed by atoms with Gasteiger partial charge in [0.1, 0.15) is 5.69 Å². The van der Waals surface area contributed by atoms with Crippen molar-refractivity contribution in [1.29, 1.82) is 0 Å². The molecule has 0 aliphatic heterocycles. The van der Waals surface area contributed by atoms with E-state index in [1.807, 2.05) is 19.9 Å². The summed E-state index contributed by atoms with van der Waals surface area (Å²) in [6.45, 7) is 7.45. The molecule has 0 saturated heterocycles. The number of nitrogens with one attached hydrogen (secondary N) is 1. The average molecular weight is 209 g/mol. The van der Waals surface area contributed by atoms with Crippen molar-refractivity contribution >= 4 is 5.91 Å². The Balaban J connectivity index is 2.64. The van der Waals surface area contributed by atoms with Gasteiger partial charge in [-0.3, -0.25) is 9.48 Å². The molecule has 4 nitrogen and oxygen atoms in total. The molecule has 15 heavy (non-hydrogen) atoms. The highest BCUT2D eigenvalue weighted by Crippen LogP contribution is 2.03. The summed E-state index contributed by atoms with van der Waals surface area (Å²) in [6.07, 6.45) is 2.11. The van der Waals surface area contributed by atoms with Crippen LogP contribution in [-0.2, 0) is 6.54 Å². The van der Waals surface area contributed by atoms with Crippen LogP contribution in [0.5, 0.6) is 0 Å². The molecule has 1 rings (SSSR count). The SMILES string of the molecule is CCCCNC(=O)c1cc(C)nn1CC. The van der Waals surface area contributed by atoms with Crippen molar-refractivity contribution in [2.45, 2.75) is 40.2 Å². The Bertz CT molecular complexity index is 331.